The zero-order chi connectivity index (χ0) is 39.2. The minimum Gasteiger partial charge on any atom is -0.365 e. The minimum atomic E-state index is -0.793. The van der Waals surface area contributed by atoms with Crippen LogP contribution >= 0.6 is 0 Å². The van der Waals surface area contributed by atoms with E-state index in [0.717, 1.165) is 22.5 Å². The fraction of sp³-hybridized carbons (Fsp3) is 0.381. The van der Waals surface area contributed by atoms with Gasteiger partial charge in [-0.25, -0.2) is 9.59 Å². The second-order valence-corrected chi connectivity index (χ2v) is 13.8. The summed E-state index contributed by atoms with van der Waals surface area (Å²) in [7, 11) is 3.32. The second-order valence-electron chi connectivity index (χ2n) is 13.8. The van der Waals surface area contributed by atoms with Gasteiger partial charge < -0.3 is 35.8 Å². The summed E-state index contributed by atoms with van der Waals surface area (Å²) in [6, 6.07) is 27.3. The Morgan fingerprint density at radius 2 is 0.964 bits per heavy atom. The van der Waals surface area contributed by atoms with Crippen molar-refractivity contribution >= 4 is 23.9 Å². The molecule has 0 unspecified atom stereocenters. The fourth-order valence-electron chi connectivity index (χ4n) is 6.42. The summed E-state index contributed by atoms with van der Waals surface area (Å²) in [5, 5.41) is 12.1. The largest absolute Gasteiger partial charge is 0.365 e. The van der Waals surface area contributed by atoms with E-state index >= 15 is 0 Å². The molecule has 0 bridgehead atoms. The topological polar surface area (TPSA) is 161 Å². The summed E-state index contributed by atoms with van der Waals surface area (Å²) in [4.78, 5) is 65.5. The molecule has 4 N–H and O–H groups in total. The smallest absolute Gasteiger partial charge is 0.318 e. The Morgan fingerprint density at radius 1 is 0.582 bits per heavy atom. The molecule has 290 valence electrons. The number of urea groups is 2. The summed E-state index contributed by atoms with van der Waals surface area (Å²) < 4.78 is 6.35. The quantitative estimate of drug-likeness (QED) is 0.111. The van der Waals surface area contributed by atoms with Crippen LogP contribution in [0.2, 0.25) is 0 Å². The predicted octanol–water partition coefficient (Wildman–Crippen LogP) is 4.24. The zero-order valence-electron chi connectivity index (χ0n) is 31.9. The third-order valence-corrected chi connectivity index (χ3v) is 9.60. The standard InChI is InChI=1S/C42H52N8O5/c1-5-33(47-41(53)49(3)27-31-21-13-15-23-43-31)39(51)45-35(25-29-17-9-7-10-18-29)37-38(55-37)36(26-30-19-11-8-12-20-30)46-40(52)34(6-2)48-42(54)50(4)28-32-22-14-16-24-44-32/h7-24,33-38H,5-6,25-28H2,1-4H3,(H,45,51)(H,46,52)(H,47,53)(H,48,54)/t33-,34-,35-,36-,37-,38+/m0/s1. The van der Waals surface area contributed by atoms with Gasteiger partial charge in [0.15, 0.2) is 0 Å². The Balaban J connectivity index is 1.28. The molecule has 0 aliphatic carbocycles. The molecule has 13 nitrogen and oxygen atoms in total. The maximum absolute atomic E-state index is 13.8. The summed E-state index contributed by atoms with van der Waals surface area (Å²) in [5.74, 6) is -0.658. The molecular formula is C42H52N8O5. The Kier molecular flexibility index (Phi) is 14.7. The second kappa shape index (κ2) is 20.0. The van der Waals surface area contributed by atoms with Crippen molar-refractivity contribution in [1.29, 1.82) is 0 Å². The van der Waals surface area contributed by atoms with E-state index in [1.807, 2.05) is 111 Å². The molecule has 6 atom stereocenters. The van der Waals surface area contributed by atoms with Crippen LogP contribution in [0.15, 0.2) is 109 Å². The molecular weight excluding hydrogens is 697 g/mol. The molecule has 13 heteroatoms. The molecule has 2 aromatic heterocycles. The number of carbonyl (C=O) groups excluding carboxylic acids is 4. The van der Waals surface area contributed by atoms with Crippen molar-refractivity contribution in [1.82, 2.24) is 41.0 Å². The van der Waals surface area contributed by atoms with Crippen LogP contribution in [-0.4, -0.2) is 94.1 Å². The van der Waals surface area contributed by atoms with E-state index in [1.165, 1.54) is 9.80 Å². The monoisotopic (exact) mass is 748 g/mol. The Labute approximate surface area is 323 Å². The molecule has 0 radical (unpaired) electrons. The van der Waals surface area contributed by atoms with Gasteiger partial charge in [0.2, 0.25) is 11.8 Å². The summed E-state index contributed by atoms with van der Waals surface area (Å²) in [6.45, 7) is 4.27. The average Bonchev–Trinajstić information content (AvgIpc) is 4.01. The number of amides is 6. The maximum Gasteiger partial charge on any atom is 0.318 e. The molecule has 3 heterocycles. The normalized spacial score (nSPS) is 16.7. The van der Waals surface area contributed by atoms with Gasteiger partial charge in [0.25, 0.3) is 0 Å². The third kappa shape index (κ3) is 12.1. The van der Waals surface area contributed by atoms with Gasteiger partial charge in [-0.1, -0.05) is 86.6 Å². The van der Waals surface area contributed by atoms with E-state index in [0.29, 0.717) is 25.7 Å². The fourth-order valence-corrected chi connectivity index (χ4v) is 6.42. The number of rotatable bonds is 18. The SMILES string of the molecule is CC[C@H](NC(=O)N(C)Cc1ccccn1)C(=O)N[C@@H](Cc1ccccc1)[C@@H]1O[C@@H]1[C@H](Cc1ccccc1)NC(=O)[C@H](CC)NC(=O)N(C)Cc1ccccn1. The van der Waals surface area contributed by atoms with Crippen LogP contribution in [0.1, 0.15) is 49.2 Å². The molecule has 1 fully saturated rings. The van der Waals surface area contributed by atoms with Gasteiger partial charge in [-0.2, -0.15) is 0 Å². The van der Waals surface area contributed by atoms with Crippen molar-refractivity contribution in [2.45, 2.75) is 89.0 Å². The maximum atomic E-state index is 13.8. The van der Waals surface area contributed by atoms with Crippen LogP contribution in [0.25, 0.3) is 0 Å². The molecule has 1 aliphatic heterocycles. The highest BCUT2D eigenvalue weighted by Gasteiger charge is 2.51. The van der Waals surface area contributed by atoms with E-state index < -0.39 is 36.4 Å². The van der Waals surface area contributed by atoms with Gasteiger partial charge in [-0.15, -0.1) is 0 Å². The Bertz CT molecular complexity index is 1690. The first-order valence-electron chi connectivity index (χ1n) is 18.8. The first kappa shape index (κ1) is 40.4. The minimum absolute atomic E-state index is 0.290. The van der Waals surface area contributed by atoms with Gasteiger partial charge in [0.1, 0.15) is 24.3 Å². The number of hydrogen-bond donors (Lipinski definition) is 4. The Morgan fingerprint density at radius 3 is 1.31 bits per heavy atom. The number of benzene rings is 2. The molecule has 1 aliphatic rings. The predicted molar refractivity (Wildman–Crippen MR) is 209 cm³/mol. The summed E-state index contributed by atoms with van der Waals surface area (Å²) in [6.07, 6.45) is 4.16. The number of ether oxygens (including phenoxy) is 1. The molecule has 5 rings (SSSR count). The van der Waals surface area contributed by atoms with Crippen LogP contribution in [0.4, 0.5) is 9.59 Å². The van der Waals surface area contributed by atoms with Gasteiger partial charge >= 0.3 is 12.1 Å². The lowest BCUT2D eigenvalue weighted by atomic mass is 9.95. The number of aromatic nitrogens is 2. The molecule has 1 saturated heterocycles. The van der Waals surface area contributed by atoms with E-state index in [1.54, 1.807) is 26.5 Å². The van der Waals surface area contributed by atoms with Gasteiger partial charge in [-0.05, 0) is 61.1 Å². The first-order valence-corrected chi connectivity index (χ1v) is 18.8. The van der Waals surface area contributed by atoms with E-state index in [4.69, 9.17) is 4.74 Å². The number of hydrogen-bond acceptors (Lipinski definition) is 7. The van der Waals surface area contributed by atoms with E-state index in [9.17, 15) is 19.2 Å². The van der Waals surface area contributed by atoms with Crippen LogP contribution in [-0.2, 0) is 40.3 Å². The highest BCUT2D eigenvalue weighted by molar-refractivity contribution is 5.88. The van der Waals surface area contributed by atoms with Crippen molar-refractivity contribution < 1.29 is 23.9 Å². The lowest BCUT2D eigenvalue weighted by Gasteiger charge is -2.26. The highest BCUT2D eigenvalue weighted by atomic mass is 16.6. The molecule has 0 spiro atoms. The van der Waals surface area contributed by atoms with Gasteiger partial charge in [0, 0.05) is 26.5 Å². The lowest BCUT2D eigenvalue weighted by Crippen LogP contribution is -2.55. The summed E-state index contributed by atoms with van der Waals surface area (Å²) >= 11 is 0. The van der Waals surface area contributed by atoms with Crippen molar-refractivity contribution in [2.75, 3.05) is 14.1 Å². The first-order chi connectivity index (χ1) is 26.6. The van der Waals surface area contributed by atoms with Crippen LogP contribution < -0.4 is 21.3 Å². The van der Waals surface area contributed by atoms with Crippen LogP contribution in [0.5, 0.6) is 0 Å². The van der Waals surface area contributed by atoms with Crippen LogP contribution in [0.3, 0.4) is 0 Å². The van der Waals surface area contributed by atoms with E-state index in [-0.39, 0.29) is 37.0 Å². The lowest BCUT2D eigenvalue weighted by molar-refractivity contribution is -0.124. The molecule has 55 heavy (non-hydrogen) atoms. The number of pyridine rings is 2. The third-order valence-electron chi connectivity index (χ3n) is 9.60. The molecule has 0 saturated carbocycles. The molecule has 4 aromatic rings. The molecule has 6 amide bonds. The van der Waals surface area contributed by atoms with Gasteiger partial charge in [-0.3, -0.25) is 19.6 Å². The molecule has 2 aromatic carbocycles. The van der Waals surface area contributed by atoms with Crippen molar-refractivity contribution in [3.05, 3.63) is 132 Å². The number of carbonyl (C=O) groups is 4. The summed E-state index contributed by atoms with van der Waals surface area (Å²) in [5.41, 5.74) is 3.47. The number of epoxide rings is 1. The highest BCUT2D eigenvalue weighted by Crippen LogP contribution is 2.32. The zero-order valence-corrected chi connectivity index (χ0v) is 31.9. The van der Waals surface area contributed by atoms with Crippen LogP contribution in [0, 0.1) is 0 Å². The number of nitrogens with zero attached hydrogens (tertiary/aromatic N) is 4. The van der Waals surface area contributed by atoms with Crippen molar-refractivity contribution in [3.63, 3.8) is 0 Å². The number of nitrogens with one attached hydrogen (secondary N) is 4. The van der Waals surface area contributed by atoms with Crippen molar-refractivity contribution in [2.24, 2.45) is 0 Å². The van der Waals surface area contributed by atoms with E-state index in [2.05, 4.69) is 31.2 Å². The Hall–Kier alpha value is -5.82. The average molecular weight is 749 g/mol. The van der Waals surface area contributed by atoms with Crippen molar-refractivity contribution in [3.8, 4) is 0 Å². The van der Waals surface area contributed by atoms with Gasteiger partial charge in [0.05, 0.1) is 36.6 Å².